The maximum atomic E-state index is 12.5. The van der Waals surface area contributed by atoms with Crippen LogP contribution < -0.4 is 10.9 Å². The molecule has 1 atom stereocenters. The van der Waals surface area contributed by atoms with E-state index in [1.807, 2.05) is 24.3 Å². The summed E-state index contributed by atoms with van der Waals surface area (Å²) < 4.78 is 6.20. The van der Waals surface area contributed by atoms with E-state index in [1.165, 1.54) is 12.6 Å². The van der Waals surface area contributed by atoms with E-state index in [0.717, 1.165) is 11.1 Å². The van der Waals surface area contributed by atoms with Crippen molar-refractivity contribution in [2.45, 2.75) is 26.2 Å². The van der Waals surface area contributed by atoms with Crippen LogP contribution in [0, 0.1) is 0 Å². The molecule has 2 aromatic carbocycles. The first-order valence-corrected chi connectivity index (χ1v) is 9.43. The van der Waals surface area contributed by atoms with E-state index < -0.39 is 18.5 Å². The van der Waals surface area contributed by atoms with Crippen molar-refractivity contribution in [3.63, 3.8) is 0 Å². The van der Waals surface area contributed by atoms with E-state index in [1.54, 1.807) is 24.3 Å². The van der Waals surface area contributed by atoms with Crippen LogP contribution in [-0.4, -0.2) is 28.3 Å². The fourth-order valence-electron chi connectivity index (χ4n) is 2.98. The summed E-state index contributed by atoms with van der Waals surface area (Å²) in [6, 6.07) is 14.2. The number of amides is 1. The van der Waals surface area contributed by atoms with E-state index in [0.29, 0.717) is 22.4 Å². The van der Waals surface area contributed by atoms with Gasteiger partial charge in [0.2, 0.25) is 0 Å². The lowest BCUT2D eigenvalue weighted by Crippen LogP contribution is -2.26. The molecule has 0 aliphatic carbocycles. The van der Waals surface area contributed by atoms with Crippen LogP contribution in [0.2, 0.25) is 0 Å². The van der Waals surface area contributed by atoms with Crippen LogP contribution in [0.25, 0.3) is 10.8 Å². The summed E-state index contributed by atoms with van der Waals surface area (Å²) in [6.07, 6.45) is 1.04. The summed E-state index contributed by atoms with van der Waals surface area (Å²) in [4.78, 5) is 36.7. The van der Waals surface area contributed by atoms with Gasteiger partial charge in [-0.15, -0.1) is 0 Å². The van der Waals surface area contributed by atoms with E-state index in [9.17, 15) is 14.4 Å². The van der Waals surface area contributed by atoms with Gasteiger partial charge >= 0.3 is 5.97 Å². The fourth-order valence-corrected chi connectivity index (χ4v) is 2.98. The van der Waals surface area contributed by atoms with Gasteiger partial charge in [-0.25, -0.2) is 9.48 Å². The number of fused-ring (bicyclic) bond motifs is 1. The second-order valence-corrected chi connectivity index (χ2v) is 6.88. The van der Waals surface area contributed by atoms with Gasteiger partial charge in [0, 0.05) is 18.1 Å². The predicted molar refractivity (Wildman–Crippen MR) is 111 cm³/mol. The van der Waals surface area contributed by atoms with Crippen LogP contribution in [0.15, 0.2) is 53.3 Å². The van der Waals surface area contributed by atoms with E-state index in [-0.39, 0.29) is 11.3 Å². The quantitative estimate of drug-likeness (QED) is 0.649. The lowest BCUT2D eigenvalue weighted by atomic mass is 9.99. The number of hydrogen-bond donors (Lipinski definition) is 1. The highest BCUT2D eigenvalue weighted by Gasteiger charge is 2.18. The Morgan fingerprint density at radius 2 is 1.76 bits per heavy atom. The smallest absolute Gasteiger partial charge is 0.359 e. The number of carbonyl (C=O) groups is 2. The van der Waals surface area contributed by atoms with Gasteiger partial charge in [-0.2, -0.15) is 5.10 Å². The molecule has 0 saturated heterocycles. The van der Waals surface area contributed by atoms with Gasteiger partial charge in [0.15, 0.2) is 12.3 Å². The van der Waals surface area contributed by atoms with Crippen molar-refractivity contribution in [3.8, 4) is 0 Å². The first kappa shape index (κ1) is 20.3. The zero-order valence-electron chi connectivity index (χ0n) is 16.6. The van der Waals surface area contributed by atoms with Crippen LogP contribution in [0.3, 0.4) is 0 Å². The van der Waals surface area contributed by atoms with Crippen molar-refractivity contribution in [1.29, 1.82) is 0 Å². The van der Waals surface area contributed by atoms with Gasteiger partial charge in [0.25, 0.3) is 11.5 Å². The van der Waals surface area contributed by atoms with Crippen LogP contribution in [-0.2, 0) is 16.6 Å². The Bertz CT molecular complexity index is 1100. The van der Waals surface area contributed by atoms with Gasteiger partial charge in [0.1, 0.15) is 0 Å². The summed E-state index contributed by atoms with van der Waals surface area (Å²) >= 11 is 0. The molecule has 1 heterocycles. The highest BCUT2D eigenvalue weighted by Crippen LogP contribution is 2.20. The molecule has 7 nitrogen and oxygen atoms in total. The molecule has 0 aliphatic heterocycles. The number of ether oxygens (including phenoxy) is 1. The third kappa shape index (κ3) is 4.51. The van der Waals surface area contributed by atoms with E-state index >= 15 is 0 Å². The minimum atomic E-state index is -0.765. The van der Waals surface area contributed by atoms with Gasteiger partial charge in [0.05, 0.1) is 5.39 Å². The lowest BCUT2D eigenvalue weighted by Gasteiger charge is -2.11. The van der Waals surface area contributed by atoms with Crippen LogP contribution in [0.5, 0.6) is 0 Å². The number of carbonyl (C=O) groups excluding carboxylic acids is 2. The minimum Gasteiger partial charge on any atom is -0.451 e. The minimum absolute atomic E-state index is 0.00611. The molecule has 3 rings (SSSR count). The standard InChI is InChI=1S/C22H23N3O4/c1-4-14(2)15-9-11-16(12-10-15)23-19(26)13-29-22(28)20-17-7-5-6-8-18(17)21(27)25(3)24-20/h5-12,14H,4,13H2,1-3H3,(H,23,26)/t14-/m0/s1. The van der Waals surface area contributed by atoms with Crippen LogP contribution in [0.4, 0.5) is 5.69 Å². The largest absolute Gasteiger partial charge is 0.451 e. The number of aryl methyl sites for hydroxylation is 1. The summed E-state index contributed by atoms with van der Waals surface area (Å²) in [6.45, 7) is 3.81. The molecule has 0 saturated carbocycles. The van der Waals surface area contributed by atoms with Gasteiger partial charge in [-0.1, -0.05) is 44.2 Å². The molecule has 1 aromatic heterocycles. The molecule has 0 spiro atoms. The van der Waals surface area contributed by atoms with Crippen molar-refractivity contribution in [2.24, 2.45) is 7.05 Å². The third-order valence-corrected chi connectivity index (χ3v) is 4.86. The Morgan fingerprint density at radius 1 is 1.10 bits per heavy atom. The summed E-state index contributed by atoms with van der Waals surface area (Å²) in [5, 5.41) is 7.45. The van der Waals surface area contributed by atoms with Crippen LogP contribution >= 0.6 is 0 Å². The summed E-state index contributed by atoms with van der Waals surface area (Å²) in [5.41, 5.74) is 1.51. The number of anilines is 1. The Hall–Kier alpha value is -3.48. The topological polar surface area (TPSA) is 90.3 Å². The third-order valence-electron chi connectivity index (χ3n) is 4.86. The number of nitrogens with one attached hydrogen (secondary N) is 1. The molecular formula is C22H23N3O4. The molecule has 29 heavy (non-hydrogen) atoms. The molecule has 0 radical (unpaired) electrons. The second kappa shape index (κ2) is 8.68. The maximum absolute atomic E-state index is 12.5. The molecular weight excluding hydrogens is 370 g/mol. The first-order chi connectivity index (χ1) is 13.9. The molecule has 7 heteroatoms. The molecule has 3 aromatic rings. The zero-order chi connectivity index (χ0) is 21.0. The fraction of sp³-hybridized carbons (Fsp3) is 0.273. The molecule has 0 fully saturated rings. The van der Waals surface area contributed by atoms with Crippen molar-refractivity contribution >= 4 is 28.3 Å². The number of esters is 1. The monoisotopic (exact) mass is 393 g/mol. The highest BCUT2D eigenvalue weighted by molar-refractivity contribution is 6.03. The predicted octanol–water partition coefficient (Wildman–Crippen LogP) is 3.24. The Kier molecular flexibility index (Phi) is 6.07. The van der Waals surface area contributed by atoms with Crippen molar-refractivity contribution in [3.05, 3.63) is 70.1 Å². The van der Waals surface area contributed by atoms with Gasteiger partial charge in [-0.3, -0.25) is 9.59 Å². The number of rotatable bonds is 6. The van der Waals surface area contributed by atoms with Gasteiger partial charge in [-0.05, 0) is 36.1 Å². The number of nitrogens with zero attached hydrogens (tertiary/aromatic N) is 2. The molecule has 0 bridgehead atoms. The molecule has 1 amide bonds. The van der Waals surface area contributed by atoms with Crippen molar-refractivity contribution < 1.29 is 14.3 Å². The SMILES string of the molecule is CC[C@H](C)c1ccc(NC(=O)COC(=O)c2nn(C)c(=O)c3ccccc23)cc1. The first-order valence-electron chi connectivity index (χ1n) is 9.43. The Morgan fingerprint density at radius 3 is 2.41 bits per heavy atom. The van der Waals surface area contributed by atoms with Gasteiger partial charge < -0.3 is 10.1 Å². The molecule has 0 aliphatic rings. The number of benzene rings is 2. The molecule has 0 unspecified atom stereocenters. The maximum Gasteiger partial charge on any atom is 0.359 e. The number of aromatic nitrogens is 2. The normalized spacial score (nSPS) is 11.8. The summed E-state index contributed by atoms with van der Waals surface area (Å²) in [5.74, 6) is -0.771. The van der Waals surface area contributed by atoms with E-state index in [2.05, 4.69) is 24.3 Å². The molecule has 150 valence electrons. The second-order valence-electron chi connectivity index (χ2n) is 6.88. The van der Waals surface area contributed by atoms with Crippen LogP contribution in [0.1, 0.15) is 42.2 Å². The number of hydrogen-bond acceptors (Lipinski definition) is 5. The van der Waals surface area contributed by atoms with Crippen molar-refractivity contribution in [1.82, 2.24) is 9.78 Å². The average Bonchev–Trinajstić information content (AvgIpc) is 2.74. The average molecular weight is 393 g/mol. The zero-order valence-corrected chi connectivity index (χ0v) is 16.6. The lowest BCUT2D eigenvalue weighted by molar-refractivity contribution is -0.119. The van der Waals surface area contributed by atoms with E-state index in [4.69, 9.17) is 4.74 Å². The van der Waals surface area contributed by atoms with Crippen molar-refractivity contribution in [2.75, 3.05) is 11.9 Å². The molecule has 1 N–H and O–H groups in total. The Labute approximate surface area is 168 Å². The highest BCUT2D eigenvalue weighted by atomic mass is 16.5. The Balaban J connectivity index is 1.67. The summed E-state index contributed by atoms with van der Waals surface area (Å²) in [7, 11) is 1.46.